The summed E-state index contributed by atoms with van der Waals surface area (Å²) in [6.45, 7) is 0.682. The predicted molar refractivity (Wildman–Crippen MR) is 120 cm³/mol. The van der Waals surface area contributed by atoms with Crippen LogP contribution in [0.1, 0.15) is 11.1 Å². The van der Waals surface area contributed by atoms with Gasteiger partial charge in [-0.3, -0.25) is 4.79 Å². The molecule has 0 aliphatic heterocycles. The van der Waals surface area contributed by atoms with E-state index < -0.39 is 0 Å². The Kier molecular flexibility index (Phi) is 6.10. The molecule has 1 amide bonds. The number of carbonyl (C=O) groups is 1. The molecule has 3 aromatic carbocycles. The van der Waals surface area contributed by atoms with Crippen molar-refractivity contribution in [3.63, 3.8) is 0 Å². The number of thioether (sulfide) groups is 1. The molecule has 1 heterocycles. The number of aromatic hydroxyl groups is 1. The summed E-state index contributed by atoms with van der Waals surface area (Å²) in [4.78, 5) is 16.9. The van der Waals surface area contributed by atoms with Crippen molar-refractivity contribution < 1.29 is 9.90 Å². The number of hydrogen-bond donors (Lipinski definition) is 2. The smallest absolute Gasteiger partial charge is 0.250 e. The van der Waals surface area contributed by atoms with Crippen LogP contribution in [0, 0.1) is 0 Å². The van der Waals surface area contributed by atoms with Gasteiger partial charge in [-0.15, -0.1) is 0 Å². The van der Waals surface area contributed by atoms with Gasteiger partial charge in [0.1, 0.15) is 5.75 Å². The molecule has 0 fully saturated rings. The highest BCUT2D eigenvalue weighted by molar-refractivity contribution is 7.99. The first-order valence-corrected chi connectivity index (χ1v) is 10.4. The number of fused-ring (bicyclic) bond motifs is 1. The van der Waals surface area contributed by atoms with Crippen LogP contribution in [-0.2, 0) is 11.3 Å². The lowest BCUT2D eigenvalue weighted by Gasteiger charge is -2.09. The van der Waals surface area contributed by atoms with Crippen molar-refractivity contribution >= 4 is 34.9 Å². The third-order valence-corrected chi connectivity index (χ3v) is 5.38. The first kappa shape index (κ1) is 19.7. The molecular formula is C23H20N4O2S. The molecule has 7 heteroatoms. The van der Waals surface area contributed by atoms with Crippen LogP contribution in [0.15, 0.2) is 89.1 Å². The Balaban J connectivity index is 1.44. The number of para-hydroxylation sites is 2. The maximum atomic E-state index is 12.2. The van der Waals surface area contributed by atoms with Gasteiger partial charge in [0.15, 0.2) is 5.16 Å². The van der Waals surface area contributed by atoms with Crippen LogP contribution in [-0.4, -0.2) is 32.5 Å². The van der Waals surface area contributed by atoms with Crippen molar-refractivity contribution in [3.8, 4) is 5.75 Å². The molecule has 0 saturated carbocycles. The van der Waals surface area contributed by atoms with Crippen molar-refractivity contribution in [1.29, 1.82) is 0 Å². The van der Waals surface area contributed by atoms with Crippen molar-refractivity contribution in [2.24, 2.45) is 5.10 Å². The molecular weight excluding hydrogens is 396 g/mol. The van der Waals surface area contributed by atoms with Gasteiger partial charge in [0, 0.05) is 0 Å². The summed E-state index contributed by atoms with van der Waals surface area (Å²) >= 11 is 1.37. The van der Waals surface area contributed by atoms with Crippen LogP contribution in [0.4, 0.5) is 0 Å². The zero-order chi connectivity index (χ0) is 20.8. The molecule has 0 radical (unpaired) electrons. The van der Waals surface area contributed by atoms with Crippen LogP contribution >= 0.6 is 11.8 Å². The minimum Gasteiger partial charge on any atom is -0.508 e. The van der Waals surface area contributed by atoms with Crippen LogP contribution in [0.5, 0.6) is 5.75 Å². The molecule has 150 valence electrons. The first-order valence-electron chi connectivity index (χ1n) is 9.42. The number of carbonyl (C=O) groups excluding carboxylic acids is 1. The number of rotatable bonds is 7. The zero-order valence-electron chi connectivity index (χ0n) is 16.1. The van der Waals surface area contributed by atoms with Gasteiger partial charge in [0.05, 0.1) is 29.5 Å². The largest absolute Gasteiger partial charge is 0.508 e. The SMILES string of the molecule is O=C(CSc1nc2ccccc2n1Cc1ccccc1)N/N=C/c1cccc(O)c1. The predicted octanol–water partition coefficient (Wildman–Crippen LogP) is 4.03. The average molecular weight is 417 g/mol. The van der Waals surface area contributed by atoms with E-state index in [-0.39, 0.29) is 17.4 Å². The molecule has 30 heavy (non-hydrogen) atoms. The maximum Gasteiger partial charge on any atom is 0.250 e. The Morgan fingerprint density at radius 2 is 1.87 bits per heavy atom. The molecule has 6 nitrogen and oxygen atoms in total. The van der Waals surface area contributed by atoms with Crippen LogP contribution < -0.4 is 5.43 Å². The highest BCUT2D eigenvalue weighted by atomic mass is 32.2. The molecule has 4 rings (SSSR count). The molecule has 0 aliphatic rings. The number of nitrogens with zero attached hydrogens (tertiary/aromatic N) is 3. The molecule has 0 spiro atoms. The number of hydrazone groups is 1. The van der Waals surface area contributed by atoms with E-state index in [2.05, 4.69) is 27.2 Å². The Labute approximate surface area is 178 Å². The fourth-order valence-corrected chi connectivity index (χ4v) is 3.84. The lowest BCUT2D eigenvalue weighted by Crippen LogP contribution is -2.20. The monoisotopic (exact) mass is 416 g/mol. The van der Waals surface area contributed by atoms with Gasteiger partial charge in [-0.25, -0.2) is 10.4 Å². The number of aromatic nitrogens is 2. The van der Waals surface area contributed by atoms with Gasteiger partial charge < -0.3 is 9.67 Å². The second-order valence-corrected chi connectivity index (χ2v) is 7.57. The quantitative estimate of drug-likeness (QED) is 0.271. The Morgan fingerprint density at radius 3 is 2.70 bits per heavy atom. The van der Waals surface area contributed by atoms with Gasteiger partial charge in [-0.1, -0.05) is 66.4 Å². The summed E-state index contributed by atoms with van der Waals surface area (Å²) in [5.74, 6) is 0.114. The van der Waals surface area contributed by atoms with E-state index in [1.54, 1.807) is 24.3 Å². The van der Waals surface area contributed by atoms with E-state index in [0.29, 0.717) is 12.1 Å². The number of hydrogen-bond acceptors (Lipinski definition) is 5. The van der Waals surface area contributed by atoms with E-state index in [4.69, 9.17) is 4.98 Å². The van der Waals surface area contributed by atoms with E-state index in [9.17, 15) is 9.90 Å². The molecule has 0 aliphatic carbocycles. The van der Waals surface area contributed by atoms with Crippen LogP contribution in [0.25, 0.3) is 11.0 Å². The Hall–Kier alpha value is -3.58. The summed E-state index contributed by atoms with van der Waals surface area (Å²) in [5.41, 5.74) is 6.32. The molecule has 0 bridgehead atoms. The molecule has 0 atom stereocenters. The third-order valence-electron chi connectivity index (χ3n) is 4.41. The van der Waals surface area contributed by atoms with Crippen molar-refractivity contribution in [1.82, 2.24) is 15.0 Å². The van der Waals surface area contributed by atoms with Crippen molar-refractivity contribution in [2.75, 3.05) is 5.75 Å². The van der Waals surface area contributed by atoms with Crippen molar-refractivity contribution in [2.45, 2.75) is 11.7 Å². The topological polar surface area (TPSA) is 79.5 Å². The fourth-order valence-electron chi connectivity index (χ4n) is 3.03. The van der Waals surface area contributed by atoms with E-state index >= 15 is 0 Å². The number of amides is 1. The summed E-state index contributed by atoms with van der Waals surface area (Å²) in [6.07, 6.45) is 1.49. The summed E-state index contributed by atoms with van der Waals surface area (Å²) in [5, 5.41) is 14.2. The minimum atomic E-state index is -0.227. The minimum absolute atomic E-state index is 0.151. The second kappa shape index (κ2) is 9.28. The number of benzene rings is 3. The molecule has 2 N–H and O–H groups in total. The lowest BCUT2D eigenvalue weighted by molar-refractivity contribution is -0.118. The van der Waals surface area contributed by atoms with Crippen LogP contribution in [0.2, 0.25) is 0 Å². The maximum absolute atomic E-state index is 12.2. The zero-order valence-corrected chi connectivity index (χ0v) is 16.9. The first-order chi connectivity index (χ1) is 14.7. The number of nitrogens with one attached hydrogen (secondary N) is 1. The number of imidazole rings is 1. The number of phenols is 1. The lowest BCUT2D eigenvalue weighted by atomic mass is 10.2. The molecule has 0 saturated heterocycles. The Morgan fingerprint density at radius 1 is 1.07 bits per heavy atom. The van der Waals surface area contributed by atoms with Crippen LogP contribution in [0.3, 0.4) is 0 Å². The van der Waals surface area contributed by atoms with E-state index in [1.807, 2.05) is 42.5 Å². The number of phenolic OH excluding ortho intramolecular Hbond substituents is 1. The van der Waals surface area contributed by atoms with Gasteiger partial charge >= 0.3 is 0 Å². The highest BCUT2D eigenvalue weighted by Crippen LogP contribution is 2.25. The molecule has 1 aromatic heterocycles. The average Bonchev–Trinajstić information content (AvgIpc) is 3.10. The summed E-state index contributed by atoms with van der Waals surface area (Å²) in [7, 11) is 0. The van der Waals surface area contributed by atoms with Gasteiger partial charge in [0.2, 0.25) is 0 Å². The highest BCUT2D eigenvalue weighted by Gasteiger charge is 2.13. The fraction of sp³-hybridized carbons (Fsp3) is 0.0870. The molecule has 4 aromatic rings. The van der Waals surface area contributed by atoms with Gasteiger partial charge in [0.25, 0.3) is 5.91 Å². The second-order valence-electron chi connectivity index (χ2n) is 6.63. The summed E-state index contributed by atoms with van der Waals surface area (Å²) < 4.78 is 2.12. The van der Waals surface area contributed by atoms with E-state index in [1.165, 1.54) is 23.5 Å². The Bertz CT molecular complexity index is 1190. The standard InChI is InChI=1S/C23H20N4O2S/c28-19-10-6-9-18(13-19)14-24-26-22(29)16-30-23-25-20-11-4-5-12-21(20)27(23)15-17-7-2-1-3-8-17/h1-14,28H,15-16H2,(H,26,29)/b24-14+. The molecule has 0 unspecified atom stereocenters. The van der Waals surface area contributed by atoms with Crippen molar-refractivity contribution in [3.05, 3.63) is 90.0 Å². The summed E-state index contributed by atoms with van der Waals surface area (Å²) in [6, 6.07) is 24.8. The third kappa shape index (κ3) is 4.87. The van der Waals surface area contributed by atoms with Gasteiger partial charge in [-0.2, -0.15) is 5.10 Å². The van der Waals surface area contributed by atoms with E-state index in [0.717, 1.165) is 16.2 Å². The van der Waals surface area contributed by atoms with Gasteiger partial charge in [-0.05, 0) is 35.4 Å². The normalized spacial score (nSPS) is 11.2.